The molecule has 12 nitrogen and oxygen atoms in total. The first-order valence-electron chi connectivity index (χ1n) is 16.2. The van der Waals surface area contributed by atoms with Crippen LogP contribution in [0, 0.1) is 11.8 Å². The number of fused-ring (bicyclic) bond motifs is 2. The molecule has 3 aliphatic rings. The molecule has 0 aromatic heterocycles. The van der Waals surface area contributed by atoms with Crippen LogP contribution in [0.15, 0.2) is 77.7 Å². The van der Waals surface area contributed by atoms with Gasteiger partial charge in [-0.1, -0.05) is 56.3 Å². The van der Waals surface area contributed by atoms with E-state index in [4.69, 9.17) is 23.7 Å². The number of ether oxygens (including phenoxy) is 5. The molecule has 13 heteroatoms. The van der Waals surface area contributed by atoms with Gasteiger partial charge in [0, 0.05) is 25.1 Å². The smallest absolute Gasteiger partial charge is 0.407 e. The largest absolute Gasteiger partial charge is 0.489 e. The van der Waals surface area contributed by atoms with Gasteiger partial charge in [-0.3, -0.25) is 4.90 Å². The zero-order valence-corrected chi connectivity index (χ0v) is 27.8. The molecule has 0 unspecified atom stereocenters. The Balaban J connectivity index is 1.27. The van der Waals surface area contributed by atoms with Crippen LogP contribution in [0.2, 0.25) is 0 Å². The summed E-state index contributed by atoms with van der Waals surface area (Å²) in [4.78, 5) is 14.3. The van der Waals surface area contributed by atoms with Crippen LogP contribution in [-0.4, -0.2) is 91.5 Å². The minimum Gasteiger partial charge on any atom is -0.489 e. The molecule has 2 saturated heterocycles. The van der Waals surface area contributed by atoms with Crippen molar-refractivity contribution in [2.45, 2.75) is 62.7 Å². The summed E-state index contributed by atoms with van der Waals surface area (Å²) < 4.78 is 57.5. The molecule has 0 saturated carbocycles. The number of benzene rings is 3. The molecule has 6 rings (SSSR count). The maximum absolute atomic E-state index is 14.0. The highest BCUT2D eigenvalue weighted by atomic mass is 32.2. The third-order valence-corrected chi connectivity index (χ3v) is 10.8. The lowest BCUT2D eigenvalue weighted by molar-refractivity contribution is -0.0906. The van der Waals surface area contributed by atoms with Gasteiger partial charge in [-0.05, 0) is 54.2 Å². The van der Waals surface area contributed by atoms with Crippen LogP contribution in [-0.2, 0) is 32.5 Å². The van der Waals surface area contributed by atoms with Crippen molar-refractivity contribution in [2.24, 2.45) is 11.8 Å². The average Bonchev–Trinajstić information content (AvgIpc) is 3.82. The second-order valence-corrected chi connectivity index (χ2v) is 14.7. The topological polar surface area (TPSA) is 144 Å². The van der Waals surface area contributed by atoms with Crippen LogP contribution in [0.1, 0.15) is 31.4 Å². The first-order valence-corrected chi connectivity index (χ1v) is 17.6. The zero-order valence-electron chi connectivity index (χ0n) is 27.0. The maximum Gasteiger partial charge on any atom is 0.407 e. The SMILES string of the molecule is CC(C)CN(C[C@H](O)[C@H](Cc1ccc(OCc2ccccc2)cc1)N(C(=O)O)[C@H]1CO[C@H]2OCC[C@H]21)S(=O)(=O)c1ccc2c(c1)OCO2. The molecule has 1 amide bonds. The van der Waals surface area contributed by atoms with Crippen molar-refractivity contribution in [3.8, 4) is 17.2 Å². The number of hydrogen-bond donors (Lipinski definition) is 2. The van der Waals surface area contributed by atoms with Gasteiger partial charge in [0.05, 0.1) is 36.3 Å². The minimum atomic E-state index is -4.12. The molecule has 5 atom stereocenters. The minimum absolute atomic E-state index is 0.00212. The normalized spacial score (nSPS) is 21.3. The lowest BCUT2D eigenvalue weighted by Crippen LogP contribution is -2.57. The second-order valence-electron chi connectivity index (χ2n) is 12.8. The quantitative estimate of drug-likeness (QED) is 0.252. The third kappa shape index (κ3) is 7.55. The van der Waals surface area contributed by atoms with Crippen LogP contribution in [0.4, 0.5) is 4.79 Å². The molecule has 0 aliphatic carbocycles. The monoisotopic (exact) mass is 682 g/mol. The molecule has 2 fully saturated rings. The molecule has 0 bridgehead atoms. The predicted octanol–water partition coefficient (Wildman–Crippen LogP) is 4.35. The number of rotatable bonds is 14. The molecule has 3 aromatic rings. The van der Waals surface area contributed by atoms with Crippen molar-refractivity contribution in [1.29, 1.82) is 0 Å². The summed E-state index contributed by atoms with van der Waals surface area (Å²) in [6.07, 6.45) is -2.38. The Hall–Kier alpha value is -3.88. The van der Waals surface area contributed by atoms with Gasteiger partial charge in [-0.2, -0.15) is 4.31 Å². The van der Waals surface area contributed by atoms with Gasteiger partial charge in [-0.15, -0.1) is 0 Å². The van der Waals surface area contributed by atoms with E-state index >= 15 is 0 Å². The average molecular weight is 683 g/mol. The second kappa shape index (κ2) is 14.7. The van der Waals surface area contributed by atoms with E-state index in [-0.39, 0.29) is 49.6 Å². The van der Waals surface area contributed by atoms with E-state index in [1.165, 1.54) is 21.3 Å². The summed E-state index contributed by atoms with van der Waals surface area (Å²) in [6.45, 7) is 4.49. The van der Waals surface area contributed by atoms with Gasteiger partial charge >= 0.3 is 6.09 Å². The number of aliphatic hydroxyl groups excluding tert-OH is 1. The zero-order chi connectivity index (χ0) is 33.8. The summed E-state index contributed by atoms with van der Waals surface area (Å²) in [5, 5.41) is 22.6. The fourth-order valence-electron chi connectivity index (χ4n) is 6.58. The van der Waals surface area contributed by atoms with Crippen LogP contribution in [0.3, 0.4) is 0 Å². The Morgan fingerprint density at radius 2 is 1.71 bits per heavy atom. The van der Waals surface area contributed by atoms with Crippen molar-refractivity contribution >= 4 is 16.1 Å². The van der Waals surface area contributed by atoms with E-state index in [0.717, 1.165) is 11.1 Å². The molecule has 0 radical (unpaired) electrons. The van der Waals surface area contributed by atoms with E-state index in [9.17, 15) is 23.4 Å². The Morgan fingerprint density at radius 1 is 0.958 bits per heavy atom. The predicted molar refractivity (Wildman–Crippen MR) is 174 cm³/mol. The van der Waals surface area contributed by atoms with Crippen molar-refractivity contribution in [3.63, 3.8) is 0 Å². The number of sulfonamides is 1. The molecule has 258 valence electrons. The van der Waals surface area contributed by atoms with Gasteiger partial charge in [0.25, 0.3) is 0 Å². The molecule has 3 aromatic carbocycles. The summed E-state index contributed by atoms with van der Waals surface area (Å²) in [6, 6.07) is 19.9. The van der Waals surface area contributed by atoms with Gasteiger partial charge in [0.15, 0.2) is 17.8 Å². The Morgan fingerprint density at radius 3 is 2.44 bits per heavy atom. The number of amides is 1. The van der Waals surface area contributed by atoms with Crippen molar-refractivity contribution in [1.82, 2.24) is 9.21 Å². The van der Waals surface area contributed by atoms with E-state index < -0.39 is 40.6 Å². The van der Waals surface area contributed by atoms with Crippen molar-refractivity contribution in [3.05, 3.63) is 83.9 Å². The number of carboxylic acid groups (broad SMARTS) is 1. The lowest BCUT2D eigenvalue weighted by Gasteiger charge is -2.39. The highest BCUT2D eigenvalue weighted by Gasteiger charge is 2.49. The Kier molecular flexibility index (Phi) is 10.4. The lowest BCUT2D eigenvalue weighted by atomic mass is 9.93. The fraction of sp³-hybridized carbons (Fsp3) is 0.457. The van der Waals surface area contributed by atoms with E-state index in [1.54, 1.807) is 6.07 Å². The first-order chi connectivity index (χ1) is 23.1. The van der Waals surface area contributed by atoms with Crippen molar-refractivity contribution in [2.75, 3.05) is 33.1 Å². The highest BCUT2D eigenvalue weighted by Crippen LogP contribution is 2.37. The van der Waals surface area contributed by atoms with Crippen LogP contribution < -0.4 is 14.2 Å². The van der Waals surface area contributed by atoms with Gasteiger partial charge in [0.1, 0.15) is 12.4 Å². The summed E-state index contributed by atoms with van der Waals surface area (Å²) in [5.41, 5.74) is 1.78. The highest BCUT2D eigenvalue weighted by molar-refractivity contribution is 7.89. The number of carbonyl (C=O) groups is 1. The number of hydrogen-bond acceptors (Lipinski definition) is 9. The summed E-state index contributed by atoms with van der Waals surface area (Å²) >= 11 is 0. The van der Waals surface area contributed by atoms with Crippen LogP contribution in [0.25, 0.3) is 0 Å². The van der Waals surface area contributed by atoms with Gasteiger partial charge in [0.2, 0.25) is 16.8 Å². The Labute approximate surface area is 280 Å². The third-order valence-electron chi connectivity index (χ3n) is 8.95. The first kappa shape index (κ1) is 34.0. The molecule has 3 heterocycles. The van der Waals surface area contributed by atoms with E-state index in [0.29, 0.717) is 36.9 Å². The molecule has 2 N–H and O–H groups in total. The van der Waals surface area contributed by atoms with Crippen LogP contribution in [0.5, 0.6) is 17.2 Å². The summed E-state index contributed by atoms with van der Waals surface area (Å²) in [5.74, 6) is 1.13. The Bertz CT molecular complexity index is 1650. The van der Waals surface area contributed by atoms with Gasteiger partial charge < -0.3 is 33.9 Å². The molecular formula is C35H42N2O10S. The van der Waals surface area contributed by atoms with Crippen LogP contribution >= 0.6 is 0 Å². The molecule has 3 aliphatic heterocycles. The molecule has 48 heavy (non-hydrogen) atoms. The van der Waals surface area contributed by atoms with E-state index in [2.05, 4.69) is 0 Å². The van der Waals surface area contributed by atoms with E-state index in [1.807, 2.05) is 68.4 Å². The molecule has 0 spiro atoms. The fourth-order valence-corrected chi connectivity index (χ4v) is 8.21. The standard InChI is InChI=1S/C35H42N2O10S/c1-23(2)18-36(48(41,42)27-12-13-32-33(17-27)47-22-46-32)19-31(38)29(37(35(39)40)30-21-45-34-28(30)14-15-43-34)16-24-8-10-26(11-9-24)44-20-25-6-4-3-5-7-25/h3-13,17,23,28-31,34,38H,14-16,18-22H2,1-2H3,(H,39,40)/t28-,29-,30-,31-,34+/m0/s1. The maximum atomic E-state index is 14.0. The summed E-state index contributed by atoms with van der Waals surface area (Å²) in [7, 11) is -4.12. The van der Waals surface area contributed by atoms with Crippen molar-refractivity contribution < 1.29 is 47.1 Å². The van der Waals surface area contributed by atoms with Gasteiger partial charge in [-0.25, -0.2) is 13.2 Å². The number of nitrogens with zero attached hydrogens (tertiary/aromatic N) is 2. The number of aliphatic hydroxyl groups is 1. The molecular weight excluding hydrogens is 640 g/mol.